The van der Waals surface area contributed by atoms with Gasteiger partial charge in [-0.2, -0.15) is 0 Å². The lowest BCUT2D eigenvalue weighted by atomic mass is 10.2. The van der Waals surface area contributed by atoms with Gasteiger partial charge in [0.15, 0.2) is 0 Å². The number of pyridine rings is 1. The molecule has 0 amide bonds. The van der Waals surface area contributed by atoms with E-state index in [-0.39, 0.29) is 0 Å². The number of nitrogens with zero attached hydrogens (tertiary/aromatic N) is 1. The normalized spacial score (nSPS) is 11.9. The molecule has 0 radical (unpaired) electrons. The van der Waals surface area contributed by atoms with Crippen molar-refractivity contribution in [2.24, 2.45) is 0 Å². The summed E-state index contributed by atoms with van der Waals surface area (Å²) in [6, 6.07) is 3.47. The van der Waals surface area contributed by atoms with Crippen LogP contribution in [-0.2, 0) is 10.0 Å². The summed E-state index contributed by atoms with van der Waals surface area (Å²) in [6.07, 6.45) is 8.92. The van der Waals surface area contributed by atoms with Crippen LogP contribution in [0.5, 0.6) is 0 Å². The summed E-state index contributed by atoms with van der Waals surface area (Å²) in [5, 5.41) is 0. The zero-order chi connectivity index (χ0) is 12.0. The molecule has 16 heavy (non-hydrogen) atoms. The quantitative estimate of drug-likeness (QED) is 0.858. The zero-order valence-corrected chi connectivity index (χ0v) is 10.3. The topological polar surface area (TPSA) is 59.1 Å². The lowest BCUT2D eigenvalue weighted by Crippen LogP contribution is -2.10. The van der Waals surface area contributed by atoms with Gasteiger partial charge in [0, 0.05) is 6.20 Å². The SMILES string of the molecule is CCC/C=C/c1ccc(NS(C)(=O)=O)nc1. The van der Waals surface area contributed by atoms with Gasteiger partial charge < -0.3 is 0 Å². The molecule has 0 saturated carbocycles. The van der Waals surface area contributed by atoms with Crippen molar-refractivity contribution in [2.75, 3.05) is 11.0 Å². The summed E-state index contributed by atoms with van der Waals surface area (Å²) < 4.78 is 24.2. The molecule has 0 saturated heterocycles. The van der Waals surface area contributed by atoms with E-state index in [1.54, 1.807) is 12.3 Å². The molecule has 0 aliphatic carbocycles. The first-order chi connectivity index (χ1) is 7.51. The van der Waals surface area contributed by atoms with Crippen LogP contribution in [0.4, 0.5) is 5.82 Å². The summed E-state index contributed by atoms with van der Waals surface area (Å²) in [5.41, 5.74) is 0.965. The minimum Gasteiger partial charge on any atom is -0.268 e. The fourth-order valence-corrected chi connectivity index (χ4v) is 1.64. The summed E-state index contributed by atoms with van der Waals surface area (Å²) in [4.78, 5) is 4.00. The highest BCUT2D eigenvalue weighted by Crippen LogP contribution is 2.08. The van der Waals surface area contributed by atoms with Crippen LogP contribution in [0.15, 0.2) is 24.4 Å². The number of sulfonamides is 1. The predicted molar refractivity (Wildman–Crippen MR) is 66.6 cm³/mol. The molecule has 1 aromatic heterocycles. The number of unbranched alkanes of at least 4 members (excludes halogenated alkanes) is 1. The van der Waals surface area contributed by atoms with Crippen molar-refractivity contribution in [3.05, 3.63) is 30.0 Å². The zero-order valence-electron chi connectivity index (χ0n) is 9.47. The highest BCUT2D eigenvalue weighted by Gasteiger charge is 2.01. The first-order valence-electron chi connectivity index (χ1n) is 5.11. The molecular formula is C11H16N2O2S. The number of aromatic nitrogens is 1. The molecule has 0 atom stereocenters. The largest absolute Gasteiger partial charge is 0.268 e. The predicted octanol–water partition coefficient (Wildman–Crippen LogP) is 2.27. The molecule has 1 aromatic rings. The molecule has 1 rings (SSSR count). The van der Waals surface area contributed by atoms with Crippen molar-refractivity contribution in [1.29, 1.82) is 0 Å². The highest BCUT2D eigenvalue weighted by molar-refractivity contribution is 7.92. The van der Waals surface area contributed by atoms with Crippen molar-refractivity contribution in [1.82, 2.24) is 4.98 Å². The molecule has 4 nitrogen and oxygen atoms in total. The Morgan fingerprint density at radius 1 is 1.44 bits per heavy atom. The summed E-state index contributed by atoms with van der Waals surface area (Å²) in [7, 11) is -3.24. The third-order valence-electron chi connectivity index (χ3n) is 1.84. The van der Waals surface area contributed by atoms with Crippen LogP contribution in [-0.4, -0.2) is 19.7 Å². The number of hydrogen-bond donors (Lipinski definition) is 1. The molecule has 0 aliphatic rings. The summed E-state index contributed by atoms with van der Waals surface area (Å²) in [5.74, 6) is 0.343. The second-order valence-corrected chi connectivity index (χ2v) is 5.29. The summed E-state index contributed by atoms with van der Waals surface area (Å²) in [6.45, 7) is 2.11. The fourth-order valence-electron chi connectivity index (χ4n) is 1.14. The maximum Gasteiger partial charge on any atom is 0.230 e. The molecule has 88 valence electrons. The lowest BCUT2D eigenvalue weighted by molar-refractivity contribution is 0.606. The average Bonchev–Trinajstić information content (AvgIpc) is 2.19. The van der Waals surface area contributed by atoms with Gasteiger partial charge >= 0.3 is 0 Å². The minimum atomic E-state index is -3.24. The molecule has 5 heteroatoms. The first kappa shape index (κ1) is 12.7. The standard InChI is InChI=1S/C11H16N2O2S/c1-3-4-5-6-10-7-8-11(12-9-10)13-16(2,14)15/h5-9H,3-4H2,1-2H3,(H,12,13)/b6-5+. The number of hydrogen-bond acceptors (Lipinski definition) is 3. The van der Waals surface area contributed by atoms with Crippen LogP contribution >= 0.6 is 0 Å². The molecular weight excluding hydrogens is 224 g/mol. The van der Waals surface area contributed by atoms with Gasteiger partial charge in [-0.25, -0.2) is 13.4 Å². The molecule has 1 heterocycles. The monoisotopic (exact) mass is 240 g/mol. The van der Waals surface area contributed by atoms with Crippen molar-refractivity contribution in [3.63, 3.8) is 0 Å². The van der Waals surface area contributed by atoms with Gasteiger partial charge in [0.2, 0.25) is 10.0 Å². The Morgan fingerprint density at radius 2 is 2.19 bits per heavy atom. The van der Waals surface area contributed by atoms with Crippen molar-refractivity contribution in [2.45, 2.75) is 19.8 Å². The van der Waals surface area contributed by atoms with Crippen molar-refractivity contribution < 1.29 is 8.42 Å². The maximum atomic E-state index is 10.9. The van der Waals surface area contributed by atoms with E-state index in [0.29, 0.717) is 5.82 Å². The Morgan fingerprint density at radius 3 is 2.69 bits per heavy atom. The Bertz CT molecular complexity index is 449. The van der Waals surface area contributed by atoms with E-state index >= 15 is 0 Å². The van der Waals surface area contributed by atoms with Crippen LogP contribution < -0.4 is 4.72 Å². The van der Waals surface area contributed by atoms with Gasteiger partial charge in [0.1, 0.15) is 5.82 Å². The van der Waals surface area contributed by atoms with Gasteiger partial charge in [0.25, 0.3) is 0 Å². The molecule has 0 unspecified atom stereocenters. The van der Waals surface area contributed by atoms with Crippen molar-refractivity contribution >= 4 is 21.9 Å². The Balaban J connectivity index is 2.68. The number of anilines is 1. The van der Waals surface area contributed by atoms with E-state index in [9.17, 15) is 8.42 Å². The number of allylic oxidation sites excluding steroid dienone is 1. The van der Waals surface area contributed by atoms with Gasteiger partial charge in [-0.3, -0.25) is 4.72 Å². The molecule has 0 aromatic carbocycles. The van der Waals surface area contributed by atoms with E-state index in [1.807, 2.05) is 12.1 Å². The lowest BCUT2D eigenvalue weighted by Gasteiger charge is -2.02. The van der Waals surface area contributed by atoms with E-state index < -0.39 is 10.0 Å². The van der Waals surface area contributed by atoms with Crippen LogP contribution in [0, 0.1) is 0 Å². The second-order valence-electron chi connectivity index (χ2n) is 3.54. The molecule has 0 aliphatic heterocycles. The molecule has 0 bridgehead atoms. The van der Waals surface area contributed by atoms with Gasteiger partial charge in [0.05, 0.1) is 6.26 Å². The third-order valence-corrected chi connectivity index (χ3v) is 2.42. The van der Waals surface area contributed by atoms with Crippen molar-refractivity contribution in [3.8, 4) is 0 Å². The Kier molecular flexibility index (Phi) is 4.49. The first-order valence-corrected chi connectivity index (χ1v) is 7.01. The molecule has 1 N–H and O–H groups in total. The van der Waals surface area contributed by atoms with Crippen LogP contribution in [0.2, 0.25) is 0 Å². The smallest absolute Gasteiger partial charge is 0.230 e. The third kappa shape index (κ3) is 4.93. The molecule has 0 spiro atoms. The van der Waals surface area contributed by atoms with Gasteiger partial charge in [-0.15, -0.1) is 0 Å². The average molecular weight is 240 g/mol. The highest BCUT2D eigenvalue weighted by atomic mass is 32.2. The second kappa shape index (κ2) is 5.65. The maximum absolute atomic E-state index is 10.9. The Hall–Kier alpha value is -1.36. The number of nitrogens with one attached hydrogen (secondary N) is 1. The van der Waals surface area contributed by atoms with E-state index in [1.165, 1.54) is 0 Å². The van der Waals surface area contributed by atoms with Crippen LogP contribution in [0.3, 0.4) is 0 Å². The van der Waals surface area contributed by atoms with Crippen LogP contribution in [0.1, 0.15) is 25.3 Å². The van der Waals surface area contributed by atoms with E-state index in [2.05, 4.69) is 22.7 Å². The minimum absolute atomic E-state index is 0.343. The molecule has 0 fully saturated rings. The van der Waals surface area contributed by atoms with Crippen LogP contribution in [0.25, 0.3) is 6.08 Å². The fraction of sp³-hybridized carbons (Fsp3) is 0.364. The Labute approximate surface area is 96.5 Å². The van der Waals surface area contributed by atoms with E-state index in [4.69, 9.17) is 0 Å². The summed E-state index contributed by atoms with van der Waals surface area (Å²) >= 11 is 0. The number of rotatable bonds is 5. The van der Waals surface area contributed by atoms with Gasteiger partial charge in [-0.1, -0.05) is 25.5 Å². The van der Waals surface area contributed by atoms with Gasteiger partial charge in [-0.05, 0) is 24.1 Å². The van der Waals surface area contributed by atoms with E-state index in [0.717, 1.165) is 24.7 Å².